The number of ether oxygens (including phenoxy) is 1. The van der Waals surface area contributed by atoms with E-state index >= 15 is 0 Å². The predicted molar refractivity (Wildman–Crippen MR) is 69.8 cm³/mol. The zero-order chi connectivity index (χ0) is 12.5. The molecule has 0 amide bonds. The second-order valence-electron chi connectivity index (χ2n) is 4.44. The van der Waals surface area contributed by atoms with Gasteiger partial charge in [0.1, 0.15) is 11.9 Å². The molecule has 0 fully saturated rings. The van der Waals surface area contributed by atoms with E-state index in [1.165, 1.54) is 19.3 Å². The van der Waals surface area contributed by atoms with Gasteiger partial charge in [0.05, 0.1) is 6.26 Å². The average molecular weight is 239 g/mol. The highest BCUT2D eigenvalue weighted by molar-refractivity contribution is 5.04. The van der Waals surface area contributed by atoms with Gasteiger partial charge < -0.3 is 14.9 Å². The van der Waals surface area contributed by atoms with Crippen LogP contribution in [0.1, 0.15) is 57.8 Å². The van der Waals surface area contributed by atoms with E-state index in [-0.39, 0.29) is 12.1 Å². The first-order chi connectivity index (χ1) is 8.29. The topological polar surface area (TPSA) is 48.4 Å². The Bertz CT molecular complexity index is 272. The molecule has 3 heteroatoms. The first-order valence-corrected chi connectivity index (χ1v) is 6.70. The van der Waals surface area contributed by atoms with Gasteiger partial charge in [-0.2, -0.15) is 0 Å². The molecule has 0 aliphatic carbocycles. The number of furan rings is 1. The number of unbranched alkanes of at least 4 members (excludes halogenated alkanes) is 3. The molecule has 2 atom stereocenters. The number of rotatable bonds is 9. The summed E-state index contributed by atoms with van der Waals surface area (Å²) in [6, 6.07) is 3.82. The summed E-state index contributed by atoms with van der Waals surface area (Å²) >= 11 is 0. The van der Waals surface area contributed by atoms with Crippen molar-refractivity contribution in [2.45, 2.75) is 58.1 Å². The molecule has 1 aromatic heterocycles. The molecular weight excluding hydrogens is 214 g/mol. The maximum atomic E-state index is 6.06. The van der Waals surface area contributed by atoms with Gasteiger partial charge in [-0.15, -0.1) is 0 Å². The Labute approximate surface area is 104 Å². The Hall–Kier alpha value is -0.800. The zero-order valence-electron chi connectivity index (χ0n) is 11.0. The summed E-state index contributed by atoms with van der Waals surface area (Å²) in [5.41, 5.74) is 6.06. The molecule has 2 unspecified atom stereocenters. The first kappa shape index (κ1) is 14.3. The van der Waals surface area contributed by atoms with E-state index in [2.05, 4.69) is 13.8 Å². The van der Waals surface area contributed by atoms with E-state index in [1.807, 2.05) is 12.1 Å². The van der Waals surface area contributed by atoms with Gasteiger partial charge in [0.15, 0.2) is 0 Å². The summed E-state index contributed by atoms with van der Waals surface area (Å²) in [7, 11) is 0. The van der Waals surface area contributed by atoms with Crippen molar-refractivity contribution in [2.24, 2.45) is 5.73 Å². The molecule has 1 rings (SSSR count). The fraction of sp³-hybridized carbons (Fsp3) is 0.714. The van der Waals surface area contributed by atoms with Crippen molar-refractivity contribution in [2.75, 3.05) is 6.61 Å². The Kier molecular flexibility index (Phi) is 6.97. The summed E-state index contributed by atoms with van der Waals surface area (Å²) in [6.45, 7) is 5.04. The van der Waals surface area contributed by atoms with Crippen LogP contribution in [0.2, 0.25) is 0 Å². The average Bonchev–Trinajstić information content (AvgIpc) is 2.86. The second-order valence-corrected chi connectivity index (χ2v) is 4.44. The second kappa shape index (κ2) is 8.31. The molecule has 0 spiro atoms. The van der Waals surface area contributed by atoms with E-state index in [0.717, 1.165) is 25.2 Å². The molecule has 0 saturated carbocycles. The Morgan fingerprint density at radius 3 is 2.71 bits per heavy atom. The lowest BCUT2D eigenvalue weighted by Crippen LogP contribution is -2.29. The van der Waals surface area contributed by atoms with E-state index in [1.54, 1.807) is 6.26 Å². The molecule has 2 N–H and O–H groups in total. The van der Waals surface area contributed by atoms with Crippen molar-refractivity contribution in [3.05, 3.63) is 24.2 Å². The molecule has 1 aromatic rings. The van der Waals surface area contributed by atoms with Gasteiger partial charge in [-0.05, 0) is 25.0 Å². The van der Waals surface area contributed by atoms with Gasteiger partial charge in [-0.3, -0.25) is 0 Å². The maximum absolute atomic E-state index is 6.06. The van der Waals surface area contributed by atoms with Crippen molar-refractivity contribution >= 4 is 0 Å². The summed E-state index contributed by atoms with van der Waals surface area (Å²) in [6.07, 6.45) is 7.30. The molecular formula is C14H25NO2. The zero-order valence-corrected chi connectivity index (χ0v) is 11.0. The lowest BCUT2D eigenvalue weighted by molar-refractivity contribution is 0.0170. The Morgan fingerprint density at radius 1 is 1.29 bits per heavy atom. The van der Waals surface area contributed by atoms with Gasteiger partial charge >= 0.3 is 0 Å². The standard InChI is InChI=1S/C14H25NO2/c1-3-5-6-7-10-17-14(12(15)4-2)13-9-8-11-16-13/h8-9,11-12,14H,3-7,10,15H2,1-2H3. The third-order valence-corrected chi connectivity index (χ3v) is 2.98. The maximum Gasteiger partial charge on any atom is 0.134 e. The smallest absolute Gasteiger partial charge is 0.134 e. The summed E-state index contributed by atoms with van der Waals surface area (Å²) in [5.74, 6) is 0.842. The Balaban J connectivity index is 2.37. The van der Waals surface area contributed by atoms with Crippen LogP contribution in [-0.4, -0.2) is 12.6 Å². The van der Waals surface area contributed by atoms with Gasteiger partial charge in [-0.25, -0.2) is 0 Å². The van der Waals surface area contributed by atoms with Gasteiger partial charge in [0.25, 0.3) is 0 Å². The fourth-order valence-electron chi connectivity index (χ4n) is 1.82. The number of nitrogens with two attached hydrogens (primary N) is 1. The van der Waals surface area contributed by atoms with Gasteiger partial charge in [0, 0.05) is 12.6 Å². The van der Waals surface area contributed by atoms with Crippen LogP contribution in [0.3, 0.4) is 0 Å². The van der Waals surface area contributed by atoms with Crippen LogP contribution < -0.4 is 5.73 Å². The summed E-state index contributed by atoms with van der Waals surface area (Å²) < 4.78 is 11.3. The minimum absolute atomic E-state index is 0.00678. The minimum Gasteiger partial charge on any atom is -0.467 e. The highest BCUT2D eigenvalue weighted by Gasteiger charge is 2.21. The van der Waals surface area contributed by atoms with Crippen molar-refractivity contribution in [3.8, 4) is 0 Å². The van der Waals surface area contributed by atoms with E-state index in [9.17, 15) is 0 Å². The van der Waals surface area contributed by atoms with Crippen molar-refractivity contribution in [1.29, 1.82) is 0 Å². The highest BCUT2D eigenvalue weighted by atomic mass is 16.5. The molecule has 1 heterocycles. The predicted octanol–water partition coefficient (Wildman–Crippen LogP) is 3.65. The van der Waals surface area contributed by atoms with Gasteiger partial charge in [-0.1, -0.05) is 33.1 Å². The fourth-order valence-corrected chi connectivity index (χ4v) is 1.82. The third kappa shape index (κ3) is 4.92. The van der Waals surface area contributed by atoms with Crippen LogP contribution in [0.5, 0.6) is 0 Å². The van der Waals surface area contributed by atoms with Crippen LogP contribution in [0.25, 0.3) is 0 Å². The van der Waals surface area contributed by atoms with Crippen molar-refractivity contribution < 1.29 is 9.15 Å². The highest BCUT2D eigenvalue weighted by Crippen LogP contribution is 2.22. The first-order valence-electron chi connectivity index (χ1n) is 6.70. The van der Waals surface area contributed by atoms with Crippen molar-refractivity contribution in [1.82, 2.24) is 0 Å². The van der Waals surface area contributed by atoms with Crippen LogP contribution >= 0.6 is 0 Å². The van der Waals surface area contributed by atoms with E-state index in [0.29, 0.717) is 0 Å². The lowest BCUT2D eigenvalue weighted by Gasteiger charge is -2.21. The molecule has 0 aliphatic rings. The third-order valence-electron chi connectivity index (χ3n) is 2.98. The van der Waals surface area contributed by atoms with Crippen LogP contribution in [0, 0.1) is 0 Å². The van der Waals surface area contributed by atoms with Crippen LogP contribution in [0.4, 0.5) is 0 Å². The monoisotopic (exact) mass is 239 g/mol. The van der Waals surface area contributed by atoms with Crippen LogP contribution in [0.15, 0.2) is 22.8 Å². The number of hydrogen-bond acceptors (Lipinski definition) is 3. The normalized spacial score (nSPS) is 14.8. The Morgan fingerprint density at radius 2 is 2.12 bits per heavy atom. The summed E-state index contributed by atoms with van der Waals surface area (Å²) in [5, 5.41) is 0. The molecule has 0 aromatic carbocycles. The SMILES string of the molecule is CCCCCCOC(c1ccco1)C(N)CC. The quantitative estimate of drug-likeness (QED) is 0.669. The molecule has 17 heavy (non-hydrogen) atoms. The van der Waals surface area contributed by atoms with E-state index in [4.69, 9.17) is 14.9 Å². The molecule has 0 bridgehead atoms. The molecule has 3 nitrogen and oxygen atoms in total. The molecule has 98 valence electrons. The molecule has 0 radical (unpaired) electrons. The molecule has 0 aliphatic heterocycles. The number of hydrogen-bond donors (Lipinski definition) is 1. The lowest BCUT2D eigenvalue weighted by atomic mass is 10.1. The summed E-state index contributed by atoms with van der Waals surface area (Å²) in [4.78, 5) is 0. The van der Waals surface area contributed by atoms with E-state index < -0.39 is 0 Å². The van der Waals surface area contributed by atoms with Crippen LogP contribution in [-0.2, 0) is 4.74 Å². The van der Waals surface area contributed by atoms with Gasteiger partial charge in [0.2, 0.25) is 0 Å². The molecule has 0 saturated heterocycles. The minimum atomic E-state index is -0.100. The van der Waals surface area contributed by atoms with Crippen molar-refractivity contribution in [3.63, 3.8) is 0 Å². The largest absolute Gasteiger partial charge is 0.467 e.